The number of aliphatic imine (C=N–C) groups is 1. The second-order valence-electron chi connectivity index (χ2n) is 6.05. The number of halogens is 5. The summed E-state index contributed by atoms with van der Waals surface area (Å²) in [5.41, 5.74) is -0.716. The number of nitrogens with one attached hydrogen (secondary N) is 1. The van der Waals surface area contributed by atoms with Crippen molar-refractivity contribution in [3.05, 3.63) is 69.8 Å². The minimum Gasteiger partial charge on any atom is -0.465 e. The lowest BCUT2D eigenvalue weighted by Crippen LogP contribution is -2.47. The van der Waals surface area contributed by atoms with Crippen molar-refractivity contribution in [3.8, 4) is 0 Å². The van der Waals surface area contributed by atoms with E-state index in [0.717, 1.165) is 12.1 Å². The molecule has 0 saturated heterocycles. The second kappa shape index (κ2) is 8.20. The van der Waals surface area contributed by atoms with Gasteiger partial charge in [-0.05, 0) is 24.6 Å². The lowest BCUT2D eigenvalue weighted by atomic mass is 9.90. The van der Waals surface area contributed by atoms with E-state index in [4.69, 9.17) is 16.3 Å². The zero-order chi connectivity index (χ0) is 21.3. The Labute approximate surface area is 167 Å². The summed E-state index contributed by atoms with van der Waals surface area (Å²) in [5, 5.41) is 1.99. The first-order valence-corrected chi connectivity index (χ1v) is 8.75. The molecule has 2 atom stereocenters. The van der Waals surface area contributed by atoms with E-state index < -0.39 is 58.5 Å². The fourth-order valence-electron chi connectivity index (χ4n) is 2.94. The van der Waals surface area contributed by atoms with Gasteiger partial charge in [0.15, 0.2) is 5.92 Å². The summed E-state index contributed by atoms with van der Waals surface area (Å²) in [5.74, 6) is -8.44. The van der Waals surface area contributed by atoms with Gasteiger partial charge in [0.05, 0.1) is 12.2 Å². The Morgan fingerprint density at radius 1 is 1.14 bits per heavy atom. The zero-order valence-corrected chi connectivity index (χ0v) is 15.6. The van der Waals surface area contributed by atoms with Crippen LogP contribution in [0.3, 0.4) is 0 Å². The second-order valence-corrected chi connectivity index (χ2v) is 6.46. The molecule has 1 heterocycles. The molecule has 0 fully saturated rings. The third kappa shape index (κ3) is 4.09. The van der Waals surface area contributed by atoms with E-state index in [1.807, 2.05) is 0 Å². The molecule has 1 amide bonds. The first-order valence-electron chi connectivity index (χ1n) is 8.38. The molecule has 0 spiro atoms. The van der Waals surface area contributed by atoms with Crippen LogP contribution in [0.1, 0.15) is 24.1 Å². The largest absolute Gasteiger partial charge is 0.465 e. The first kappa shape index (κ1) is 20.8. The molecule has 10 heteroatoms. The fourth-order valence-corrected chi connectivity index (χ4v) is 3.22. The highest BCUT2D eigenvalue weighted by molar-refractivity contribution is 6.31. The molecule has 5 nitrogen and oxygen atoms in total. The van der Waals surface area contributed by atoms with Crippen molar-refractivity contribution in [2.75, 3.05) is 6.61 Å². The van der Waals surface area contributed by atoms with Crippen molar-refractivity contribution in [3.63, 3.8) is 0 Å². The van der Waals surface area contributed by atoms with Gasteiger partial charge in [-0.3, -0.25) is 14.6 Å². The van der Waals surface area contributed by atoms with Crippen molar-refractivity contribution in [1.82, 2.24) is 5.32 Å². The van der Waals surface area contributed by atoms with Gasteiger partial charge in [-0.1, -0.05) is 17.7 Å². The third-order valence-electron chi connectivity index (χ3n) is 4.17. The number of carbonyl (C=O) groups is 2. The van der Waals surface area contributed by atoms with E-state index in [1.54, 1.807) is 0 Å². The zero-order valence-electron chi connectivity index (χ0n) is 14.8. The molecular weight excluding hydrogens is 416 g/mol. The SMILES string of the molecule is CCOC(=O)C1C(=O)NC(c2c(F)cc(F)cc2F)=NC1c1ccc(F)cc1Cl. The van der Waals surface area contributed by atoms with E-state index in [9.17, 15) is 27.2 Å². The van der Waals surface area contributed by atoms with Gasteiger partial charge in [-0.2, -0.15) is 0 Å². The molecule has 0 aromatic heterocycles. The number of rotatable bonds is 4. The van der Waals surface area contributed by atoms with Crippen LogP contribution >= 0.6 is 11.6 Å². The van der Waals surface area contributed by atoms with Crippen LogP contribution < -0.4 is 5.32 Å². The molecule has 29 heavy (non-hydrogen) atoms. The summed E-state index contributed by atoms with van der Waals surface area (Å²) in [7, 11) is 0. The number of amidine groups is 1. The average molecular weight is 429 g/mol. The van der Waals surface area contributed by atoms with Crippen molar-refractivity contribution < 1.29 is 31.9 Å². The molecule has 3 rings (SSSR count). The minimum absolute atomic E-state index is 0.0374. The number of hydrogen-bond donors (Lipinski definition) is 1. The predicted octanol–water partition coefficient (Wildman–Crippen LogP) is 3.69. The molecule has 1 aliphatic heterocycles. The Morgan fingerprint density at radius 3 is 2.38 bits per heavy atom. The van der Waals surface area contributed by atoms with Crippen LogP contribution in [0.4, 0.5) is 17.6 Å². The Hall–Kier alpha value is -2.94. The number of amides is 1. The van der Waals surface area contributed by atoms with Gasteiger partial charge in [-0.25, -0.2) is 17.6 Å². The van der Waals surface area contributed by atoms with Crippen LogP contribution in [-0.4, -0.2) is 24.3 Å². The summed E-state index contributed by atoms with van der Waals surface area (Å²) in [6.07, 6.45) is 0. The number of nitrogens with zero attached hydrogens (tertiary/aromatic N) is 1. The maximum atomic E-state index is 14.2. The molecule has 0 saturated carbocycles. The van der Waals surface area contributed by atoms with Gasteiger partial charge in [-0.15, -0.1) is 0 Å². The van der Waals surface area contributed by atoms with Crippen LogP contribution in [0.15, 0.2) is 35.3 Å². The first-order chi connectivity index (χ1) is 13.7. The quantitative estimate of drug-likeness (QED) is 0.459. The van der Waals surface area contributed by atoms with Gasteiger partial charge < -0.3 is 10.1 Å². The van der Waals surface area contributed by atoms with Crippen molar-refractivity contribution in [2.24, 2.45) is 10.9 Å². The van der Waals surface area contributed by atoms with Crippen LogP contribution in [0.25, 0.3) is 0 Å². The van der Waals surface area contributed by atoms with Gasteiger partial charge >= 0.3 is 5.97 Å². The molecule has 2 aromatic rings. The van der Waals surface area contributed by atoms with Crippen LogP contribution in [0.2, 0.25) is 5.02 Å². The minimum atomic E-state index is -1.53. The summed E-state index contributed by atoms with van der Waals surface area (Å²) in [6, 6.07) is 2.67. The Kier molecular flexibility index (Phi) is 5.88. The van der Waals surface area contributed by atoms with Gasteiger partial charge in [0.2, 0.25) is 5.91 Å². The predicted molar refractivity (Wildman–Crippen MR) is 95.3 cm³/mol. The molecule has 0 aliphatic carbocycles. The number of ether oxygens (including phenoxy) is 1. The monoisotopic (exact) mass is 428 g/mol. The molecule has 2 aromatic carbocycles. The van der Waals surface area contributed by atoms with Gasteiger partial charge in [0, 0.05) is 17.2 Å². The van der Waals surface area contributed by atoms with E-state index in [-0.39, 0.29) is 17.2 Å². The molecular formula is C19H13ClF4N2O3. The maximum Gasteiger partial charge on any atom is 0.321 e. The Morgan fingerprint density at radius 2 is 1.79 bits per heavy atom. The highest BCUT2D eigenvalue weighted by Crippen LogP contribution is 2.36. The fraction of sp³-hybridized carbons (Fsp3) is 0.211. The highest BCUT2D eigenvalue weighted by atomic mass is 35.5. The van der Waals surface area contributed by atoms with Crippen molar-refractivity contribution in [2.45, 2.75) is 13.0 Å². The highest BCUT2D eigenvalue weighted by Gasteiger charge is 2.42. The molecule has 1 aliphatic rings. The number of hydrogen-bond acceptors (Lipinski definition) is 4. The number of benzene rings is 2. The van der Waals surface area contributed by atoms with Gasteiger partial charge in [0.25, 0.3) is 0 Å². The van der Waals surface area contributed by atoms with Crippen LogP contribution in [0, 0.1) is 29.2 Å². The smallest absolute Gasteiger partial charge is 0.321 e. The normalized spacial score (nSPS) is 18.8. The Balaban J connectivity index is 2.18. The summed E-state index contributed by atoms with van der Waals surface area (Å²) in [4.78, 5) is 29.0. The standard InChI is InChI=1S/C19H13ClF4N2O3/c1-2-29-19(28)15-16(10-4-3-8(21)5-11(10)20)25-17(26-18(15)27)14-12(23)6-9(22)7-13(14)24/h3-7,15-16H,2H2,1H3,(H,25,26,27). The summed E-state index contributed by atoms with van der Waals surface area (Å²) >= 11 is 6.04. The van der Waals surface area contributed by atoms with Crippen LogP contribution in [0.5, 0.6) is 0 Å². The summed E-state index contributed by atoms with van der Waals surface area (Å²) < 4.78 is 59.9. The number of esters is 1. The van der Waals surface area contributed by atoms with E-state index in [1.165, 1.54) is 13.0 Å². The van der Waals surface area contributed by atoms with Crippen molar-refractivity contribution in [1.29, 1.82) is 0 Å². The number of carbonyl (C=O) groups excluding carboxylic acids is 2. The molecule has 2 unspecified atom stereocenters. The van der Waals surface area contributed by atoms with E-state index in [0.29, 0.717) is 12.1 Å². The summed E-state index contributed by atoms with van der Waals surface area (Å²) in [6.45, 7) is 1.49. The van der Waals surface area contributed by atoms with E-state index in [2.05, 4.69) is 10.3 Å². The third-order valence-corrected chi connectivity index (χ3v) is 4.50. The lowest BCUT2D eigenvalue weighted by Gasteiger charge is -2.28. The van der Waals surface area contributed by atoms with Gasteiger partial charge in [0.1, 0.15) is 35.1 Å². The van der Waals surface area contributed by atoms with Crippen LogP contribution in [-0.2, 0) is 14.3 Å². The van der Waals surface area contributed by atoms with Crippen molar-refractivity contribution >= 4 is 29.3 Å². The van der Waals surface area contributed by atoms with E-state index >= 15 is 0 Å². The topological polar surface area (TPSA) is 67.8 Å². The average Bonchev–Trinajstić information content (AvgIpc) is 2.60. The molecule has 0 bridgehead atoms. The molecule has 152 valence electrons. The molecule has 0 radical (unpaired) electrons. The maximum absolute atomic E-state index is 14.2. The lowest BCUT2D eigenvalue weighted by molar-refractivity contribution is -0.153. The Bertz CT molecular complexity index is 1010. The molecule has 1 N–H and O–H groups in total.